The van der Waals surface area contributed by atoms with Gasteiger partial charge in [0.05, 0.1) is 12.1 Å². The zero-order valence-corrected chi connectivity index (χ0v) is 9.63. The van der Waals surface area contributed by atoms with Crippen LogP contribution in [0.5, 0.6) is 0 Å². The van der Waals surface area contributed by atoms with Crippen molar-refractivity contribution in [3.63, 3.8) is 0 Å². The molecule has 0 aromatic heterocycles. The first kappa shape index (κ1) is 12.9. The van der Waals surface area contributed by atoms with Crippen LogP contribution >= 0.6 is 0 Å². The van der Waals surface area contributed by atoms with Gasteiger partial charge in [-0.15, -0.1) is 0 Å². The van der Waals surface area contributed by atoms with Crippen LogP contribution in [0.4, 0.5) is 13.2 Å². The van der Waals surface area contributed by atoms with Crippen molar-refractivity contribution in [2.24, 2.45) is 0 Å². The summed E-state index contributed by atoms with van der Waals surface area (Å²) in [7, 11) is 0. The molecule has 1 N–H and O–H groups in total. The van der Waals surface area contributed by atoms with E-state index in [2.05, 4.69) is 5.43 Å². The van der Waals surface area contributed by atoms with Gasteiger partial charge in [-0.2, -0.15) is 13.2 Å². The maximum Gasteiger partial charge on any atom is 0.416 e. The topological polar surface area (TPSA) is 32.3 Å². The second-order valence-electron chi connectivity index (χ2n) is 4.19. The Morgan fingerprint density at radius 3 is 2.78 bits per heavy atom. The van der Waals surface area contributed by atoms with Crippen molar-refractivity contribution >= 4 is 5.91 Å². The molecular formula is C12H13F3N2O. The summed E-state index contributed by atoms with van der Waals surface area (Å²) < 4.78 is 37.6. The number of rotatable bonds is 2. The third-order valence-corrected chi connectivity index (χ3v) is 2.77. The van der Waals surface area contributed by atoms with E-state index in [4.69, 9.17) is 0 Å². The zero-order valence-electron chi connectivity index (χ0n) is 9.63. The number of benzene rings is 1. The van der Waals surface area contributed by atoms with E-state index in [0.29, 0.717) is 18.5 Å². The maximum atomic E-state index is 12.5. The van der Waals surface area contributed by atoms with Gasteiger partial charge in [0.1, 0.15) is 0 Å². The first-order chi connectivity index (χ1) is 8.47. The Kier molecular flexibility index (Phi) is 3.56. The van der Waals surface area contributed by atoms with Crippen LogP contribution in [0.15, 0.2) is 24.3 Å². The van der Waals surface area contributed by atoms with Gasteiger partial charge in [-0.05, 0) is 24.1 Å². The summed E-state index contributed by atoms with van der Waals surface area (Å²) in [6.07, 6.45) is -3.15. The highest BCUT2D eigenvalue weighted by atomic mass is 19.4. The monoisotopic (exact) mass is 258 g/mol. The molecule has 3 nitrogen and oxygen atoms in total. The fourth-order valence-electron chi connectivity index (χ4n) is 1.85. The highest BCUT2D eigenvalue weighted by molar-refractivity contribution is 5.76. The van der Waals surface area contributed by atoms with E-state index in [0.717, 1.165) is 18.6 Å². The Morgan fingerprint density at radius 2 is 2.11 bits per heavy atom. The molecule has 1 aromatic carbocycles. The lowest BCUT2D eigenvalue weighted by atomic mass is 10.1. The number of hydrazine groups is 1. The summed E-state index contributed by atoms with van der Waals surface area (Å²) >= 11 is 0. The second kappa shape index (κ2) is 4.97. The number of nitrogens with zero attached hydrogens (tertiary/aromatic N) is 1. The van der Waals surface area contributed by atoms with Crippen LogP contribution in [0.25, 0.3) is 0 Å². The average molecular weight is 258 g/mol. The molecule has 18 heavy (non-hydrogen) atoms. The molecule has 0 unspecified atom stereocenters. The molecule has 0 saturated carbocycles. The number of hydrogen-bond donors (Lipinski definition) is 1. The van der Waals surface area contributed by atoms with Gasteiger partial charge < -0.3 is 0 Å². The number of halogens is 3. The summed E-state index contributed by atoms with van der Waals surface area (Å²) in [5, 5.41) is 1.37. The number of alkyl halides is 3. The van der Waals surface area contributed by atoms with Crippen molar-refractivity contribution in [3.8, 4) is 0 Å². The van der Waals surface area contributed by atoms with E-state index in [1.54, 1.807) is 6.07 Å². The molecule has 2 rings (SSSR count). The van der Waals surface area contributed by atoms with Crippen LogP contribution in [0.1, 0.15) is 24.0 Å². The Hall–Kier alpha value is -1.56. The first-order valence-corrected chi connectivity index (χ1v) is 5.67. The largest absolute Gasteiger partial charge is 0.416 e. The minimum absolute atomic E-state index is 0.0846. The predicted octanol–water partition coefficient (Wildman–Crippen LogP) is 2.33. The van der Waals surface area contributed by atoms with Crippen LogP contribution in [0.2, 0.25) is 0 Å². The van der Waals surface area contributed by atoms with Gasteiger partial charge in [-0.1, -0.05) is 12.1 Å². The molecule has 0 spiro atoms. The van der Waals surface area contributed by atoms with Gasteiger partial charge in [-0.3, -0.25) is 9.80 Å². The number of carbonyl (C=O) groups is 1. The first-order valence-electron chi connectivity index (χ1n) is 5.67. The number of amides is 1. The van der Waals surface area contributed by atoms with E-state index in [9.17, 15) is 18.0 Å². The van der Waals surface area contributed by atoms with E-state index >= 15 is 0 Å². The lowest BCUT2D eigenvalue weighted by molar-refractivity contribution is -0.137. The second-order valence-corrected chi connectivity index (χ2v) is 4.19. The average Bonchev–Trinajstić information content (AvgIpc) is 2.31. The molecule has 6 heteroatoms. The SMILES string of the molecule is O=C1CCCNN1Cc1cccc(C(F)(F)F)c1. The molecule has 0 aliphatic carbocycles. The molecule has 0 atom stereocenters. The summed E-state index contributed by atoms with van der Waals surface area (Å²) in [5.41, 5.74) is 2.65. The number of hydrogen-bond acceptors (Lipinski definition) is 2. The number of carbonyl (C=O) groups excluding carboxylic acids is 1. The third-order valence-electron chi connectivity index (χ3n) is 2.77. The molecule has 1 aliphatic heterocycles. The molecule has 0 bridgehead atoms. The lowest BCUT2D eigenvalue weighted by Gasteiger charge is -2.27. The van der Waals surface area contributed by atoms with E-state index < -0.39 is 11.7 Å². The van der Waals surface area contributed by atoms with Crippen molar-refractivity contribution in [1.82, 2.24) is 10.4 Å². The highest BCUT2D eigenvalue weighted by Gasteiger charge is 2.30. The molecule has 1 heterocycles. The zero-order chi connectivity index (χ0) is 13.2. The Labute approximate surface area is 103 Å². The van der Waals surface area contributed by atoms with Crippen LogP contribution in [0.3, 0.4) is 0 Å². The minimum Gasteiger partial charge on any atom is -0.274 e. The van der Waals surface area contributed by atoms with Crippen molar-refractivity contribution in [2.45, 2.75) is 25.6 Å². The minimum atomic E-state index is -4.35. The Morgan fingerprint density at radius 1 is 1.33 bits per heavy atom. The van der Waals surface area contributed by atoms with Gasteiger partial charge in [0, 0.05) is 13.0 Å². The standard InChI is InChI=1S/C12H13F3N2O/c13-12(14,15)10-4-1-3-9(7-10)8-17-11(18)5-2-6-16-17/h1,3-4,7,16H,2,5-6,8H2. The third kappa shape index (κ3) is 3.01. The quantitative estimate of drug-likeness (QED) is 0.883. The van der Waals surface area contributed by atoms with Crippen LogP contribution in [-0.4, -0.2) is 17.5 Å². The van der Waals surface area contributed by atoms with E-state index in [1.165, 1.54) is 11.1 Å². The Balaban J connectivity index is 2.12. The van der Waals surface area contributed by atoms with Crippen LogP contribution < -0.4 is 5.43 Å². The fraction of sp³-hybridized carbons (Fsp3) is 0.417. The maximum absolute atomic E-state index is 12.5. The summed E-state index contributed by atoms with van der Waals surface area (Å²) in [6.45, 7) is 0.827. The predicted molar refractivity (Wildman–Crippen MR) is 59.2 cm³/mol. The van der Waals surface area contributed by atoms with Crippen molar-refractivity contribution < 1.29 is 18.0 Å². The molecule has 1 fully saturated rings. The van der Waals surface area contributed by atoms with Crippen molar-refractivity contribution in [2.75, 3.05) is 6.54 Å². The summed E-state index contributed by atoms with van der Waals surface area (Å²) in [5.74, 6) is -0.0846. The molecule has 0 radical (unpaired) electrons. The Bertz CT molecular complexity index is 445. The van der Waals surface area contributed by atoms with Crippen molar-refractivity contribution in [3.05, 3.63) is 35.4 Å². The van der Waals surface area contributed by atoms with Crippen LogP contribution in [-0.2, 0) is 17.5 Å². The van der Waals surface area contributed by atoms with Gasteiger partial charge in [0.2, 0.25) is 5.91 Å². The number of nitrogens with one attached hydrogen (secondary N) is 1. The molecule has 1 amide bonds. The van der Waals surface area contributed by atoms with Gasteiger partial charge >= 0.3 is 6.18 Å². The van der Waals surface area contributed by atoms with Gasteiger partial charge in [-0.25, -0.2) is 5.43 Å². The van der Waals surface area contributed by atoms with Crippen molar-refractivity contribution in [1.29, 1.82) is 0 Å². The van der Waals surface area contributed by atoms with Gasteiger partial charge in [0.15, 0.2) is 0 Å². The fourth-order valence-corrected chi connectivity index (χ4v) is 1.85. The summed E-state index contributed by atoms with van der Waals surface area (Å²) in [6, 6.07) is 5.03. The molecule has 98 valence electrons. The smallest absolute Gasteiger partial charge is 0.274 e. The highest BCUT2D eigenvalue weighted by Crippen LogP contribution is 2.29. The molecule has 1 aliphatic rings. The molecular weight excluding hydrogens is 245 g/mol. The normalized spacial score (nSPS) is 17.1. The molecule has 1 saturated heterocycles. The summed E-state index contributed by atoms with van der Waals surface area (Å²) in [4.78, 5) is 11.5. The van der Waals surface area contributed by atoms with E-state index in [1.807, 2.05) is 0 Å². The van der Waals surface area contributed by atoms with Gasteiger partial charge in [0.25, 0.3) is 0 Å². The molecule has 1 aromatic rings. The lowest BCUT2D eigenvalue weighted by Crippen LogP contribution is -2.46. The van der Waals surface area contributed by atoms with Crippen LogP contribution in [0, 0.1) is 0 Å². The van der Waals surface area contributed by atoms with E-state index in [-0.39, 0.29) is 12.5 Å².